The number of rotatable bonds is 23. The van der Waals surface area contributed by atoms with Crippen LogP contribution >= 0.6 is 0 Å². The minimum atomic E-state index is -3.77. The standard InChI is InChI=1S/C23H38O11S/c1-3-33-23(24)20-32-17-16-30-13-12-28-9-8-27-10-11-29-14-15-31-18-19-34-35(25,26)22-6-4-21(2)5-7-22/h4-7H,3,8-20H2,1-2H3. The molecule has 11 nitrogen and oxygen atoms in total. The van der Waals surface area contributed by atoms with Crippen LogP contribution in [0.1, 0.15) is 12.5 Å². The van der Waals surface area contributed by atoms with Crippen molar-refractivity contribution in [2.75, 3.05) is 92.5 Å². The van der Waals surface area contributed by atoms with E-state index in [1.54, 1.807) is 19.1 Å². The van der Waals surface area contributed by atoms with Gasteiger partial charge in [0, 0.05) is 0 Å². The van der Waals surface area contributed by atoms with Gasteiger partial charge in [-0.05, 0) is 26.0 Å². The van der Waals surface area contributed by atoms with Gasteiger partial charge < -0.3 is 33.2 Å². The Kier molecular flexibility index (Phi) is 18.4. The first-order valence-corrected chi connectivity index (χ1v) is 12.9. The fourth-order valence-corrected chi connectivity index (χ4v) is 3.33. The Morgan fingerprint density at radius 3 is 1.49 bits per heavy atom. The van der Waals surface area contributed by atoms with Crippen LogP contribution in [-0.2, 0) is 52.3 Å². The second-order valence-corrected chi connectivity index (χ2v) is 8.62. The number of aryl methyl sites for hydroxylation is 1. The highest BCUT2D eigenvalue weighted by Crippen LogP contribution is 2.12. The van der Waals surface area contributed by atoms with Gasteiger partial charge >= 0.3 is 5.97 Å². The fourth-order valence-electron chi connectivity index (χ4n) is 2.43. The van der Waals surface area contributed by atoms with Crippen molar-refractivity contribution in [2.24, 2.45) is 0 Å². The highest BCUT2D eigenvalue weighted by molar-refractivity contribution is 7.86. The molecule has 0 radical (unpaired) electrons. The zero-order chi connectivity index (χ0) is 25.6. The van der Waals surface area contributed by atoms with Crippen molar-refractivity contribution in [2.45, 2.75) is 18.7 Å². The highest BCUT2D eigenvalue weighted by atomic mass is 32.2. The molecular formula is C23H38O11S. The first kappa shape index (κ1) is 31.4. The molecule has 1 rings (SSSR count). The summed E-state index contributed by atoms with van der Waals surface area (Å²) in [6.07, 6.45) is 0. The van der Waals surface area contributed by atoms with E-state index in [2.05, 4.69) is 0 Å². The SMILES string of the molecule is CCOC(=O)COCCOCCOCCOCCOCCOCCOS(=O)(=O)c1ccc(C)cc1. The summed E-state index contributed by atoms with van der Waals surface area (Å²) in [5.74, 6) is -0.385. The van der Waals surface area contributed by atoms with E-state index in [1.807, 2.05) is 6.92 Å². The molecule has 0 unspecified atom stereocenters. The van der Waals surface area contributed by atoms with Crippen molar-refractivity contribution in [3.63, 3.8) is 0 Å². The third-order valence-electron chi connectivity index (χ3n) is 4.16. The number of hydrogen-bond acceptors (Lipinski definition) is 11. The van der Waals surface area contributed by atoms with Crippen LogP contribution in [-0.4, -0.2) is 107 Å². The number of ether oxygens (including phenoxy) is 7. The minimum Gasteiger partial charge on any atom is -0.464 e. The van der Waals surface area contributed by atoms with Gasteiger partial charge in [0.2, 0.25) is 0 Å². The van der Waals surface area contributed by atoms with Gasteiger partial charge in [0.15, 0.2) is 0 Å². The van der Waals surface area contributed by atoms with Gasteiger partial charge in [-0.3, -0.25) is 4.18 Å². The summed E-state index contributed by atoms with van der Waals surface area (Å²) in [6, 6.07) is 6.46. The fraction of sp³-hybridized carbons (Fsp3) is 0.696. The monoisotopic (exact) mass is 522 g/mol. The van der Waals surface area contributed by atoms with E-state index in [0.717, 1.165) is 5.56 Å². The Bertz CT molecular complexity index is 753. The summed E-state index contributed by atoms with van der Waals surface area (Å²) < 4.78 is 65.5. The molecule has 1 aromatic carbocycles. The molecule has 0 saturated carbocycles. The smallest absolute Gasteiger partial charge is 0.332 e. The molecule has 0 spiro atoms. The largest absolute Gasteiger partial charge is 0.464 e. The van der Waals surface area contributed by atoms with Crippen molar-refractivity contribution in [1.82, 2.24) is 0 Å². The van der Waals surface area contributed by atoms with Gasteiger partial charge in [0.1, 0.15) is 6.61 Å². The van der Waals surface area contributed by atoms with Gasteiger partial charge in [0.05, 0.1) is 90.8 Å². The van der Waals surface area contributed by atoms with Crippen LogP contribution in [0.3, 0.4) is 0 Å². The Morgan fingerprint density at radius 1 is 0.657 bits per heavy atom. The number of carbonyl (C=O) groups excluding carboxylic acids is 1. The zero-order valence-electron chi connectivity index (χ0n) is 20.6. The molecule has 0 aromatic heterocycles. The molecule has 0 aliphatic rings. The Morgan fingerprint density at radius 2 is 1.06 bits per heavy atom. The van der Waals surface area contributed by atoms with Crippen molar-refractivity contribution in [1.29, 1.82) is 0 Å². The van der Waals surface area contributed by atoms with Crippen molar-refractivity contribution in [3.05, 3.63) is 29.8 Å². The molecular weight excluding hydrogens is 484 g/mol. The van der Waals surface area contributed by atoms with Gasteiger partial charge in [-0.15, -0.1) is 0 Å². The summed E-state index contributed by atoms with van der Waals surface area (Å²) in [7, 11) is -3.77. The van der Waals surface area contributed by atoms with E-state index < -0.39 is 10.1 Å². The van der Waals surface area contributed by atoms with Gasteiger partial charge in [-0.2, -0.15) is 8.42 Å². The normalized spacial score (nSPS) is 11.6. The highest BCUT2D eigenvalue weighted by Gasteiger charge is 2.14. The summed E-state index contributed by atoms with van der Waals surface area (Å²) in [4.78, 5) is 11.2. The van der Waals surface area contributed by atoms with Crippen LogP contribution in [0, 0.1) is 6.92 Å². The first-order valence-electron chi connectivity index (χ1n) is 11.5. The maximum atomic E-state index is 12.0. The first-order chi connectivity index (χ1) is 17.0. The third kappa shape index (κ3) is 17.4. The van der Waals surface area contributed by atoms with Gasteiger partial charge in [0.25, 0.3) is 10.1 Å². The molecule has 0 atom stereocenters. The van der Waals surface area contributed by atoms with Gasteiger partial charge in [-0.1, -0.05) is 17.7 Å². The van der Waals surface area contributed by atoms with Crippen LogP contribution in [0.2, 0.25) is 0 Å². The zero-order valence-corrected chi connectivity index (χ0v) is 21.4. The molecule has 0 saturated heterocycles. The second-order valence-electron chi connectivity index (χ2n) is 7.01. The number of benzene rings is 1. The molecule has 0 N–H and O–H groups in total. The third-order valence-corrected chi connectivity index (χ3v) is 5.49. The maximum absolute atomic E-state index is 12.0. The molecule has 0 amide bonds. The summed E-state index contributed by atoms with van der Waals surface area (Å²) in [5.41, 5.74) is 0.973. The Balaban J connectivity index is 1.79. The lowest BCUT2D eigenvalue weighted by atomic mass is 10.2. The van der Waals surface area contributed by atoms with Crippen LogP contribution in [0.15, 0.2) is 29.2 Å². The van der Waals surface area contributed by atoms with Crippen LogP contribution in [0.5, 0.6) is 0 Å². The summed E-state index contributed by atoms with van der Waals surface area (Å²) >= 11 is 0. The topological polar surface area (TPSA) is 125 Å². The summed E-state index contributed by atoms with van der Waals surface area (Å²) in [5, 5.41) is 0. The van der Waals surface area contributed by atoms with Gasteiger partial charge in [-0.25, -0.2) is 4.79 Å². The molecule has 0 bridgehead atoms. The van der Waals surface area contributed by atoms with E-state index in [-0.39, 0.29) is 30.7 Å². The Hall–Kier alpha value is -1.64. The molecule has 35 heavy (non-hydrogen) atoms. The predicted octanol–water partition coefficient (Wildman–Crippen LogP) is 1.36. The van der Waals surface area contributed by atoms with E-state index in [4.69, 9.17) is 37.3 Å². The second kappa shape index (κ2) is 20.5. The van der Waals surface area contributed by atoms with E-state index in [0.29, 0.717) is 72.7 Å². The minimum absolute atomic E-state index is 0.0619. The average Bonchev–Trinajstić information content (AvgIpc) is 2.83. The molecule has 0 heterocycles. The molecule has 0 aliphatic heterocycles. The Labute approximate surface area is 208 Å². The molecule has 202 valence electrons. The quantitative estimate of drug-likeness (QED) is 0.117. The molecule has 1 aromatic rings. The number of hydrogen-bond donors (Lipinski definition) is 0. The predicted molar refractivity (Wildman–Crippen MR) is 126 cm³/mol. The van der Waals surface area contributed by atoms with E-state index >= 15 is 0 Å². The lowest BCUT2D eigenvalue weighted by Crippen LogP contribution is -2.16. The van der Waals surface area contributed by atoms with E-state index in [1.165, 1.54) is 12.1 Å². The maximum Gasteiger partial charge on any atom is 0.332 e. The lowest BCUT2D eigenvalue weighted by Gasteiger charge is -2.08. The molecule has 12 heteroatoms. The number of carbonyl (C=O) groups is 1. The van der Waals surface area contributed by atoms with Crippen molar-refractivity contribution < 1.29 is 50.6 Å². The van der Waals surface area contributed by atoms with Crippen LogP contribution in [0.4, 0.5) is 0 Å². The van der Waals surface area contributed by atoms with Crippen LogP contribution in [0.25, 0.3) is 0 Å². The van der Waals surface area contributed by atoms with Crippen molar-refractivity contribution >= 4 is 16.1 Å². The van der Waals surface area contributed by atoms with Crippen LogP contribution < -0.4 is 0 Å². The molecule has 0 aliphatic carbocycles. The number of esters is 1. The van der Waals surface area contributed by atoms with E-state index in [9.17, 15) is 13.2 Å². The summed E-state index contributed by atoms with van der Waals surface area (Å²) in [6.45, 7) is 7.93. The van der Waals surface area contributed by atoms with Crippen molar-refractivity contribution in [3.8, 4) is 0 Å². The molecule has 0 fully saturated rings. The lowest BCUT2D eigenvalue weighted by molar-refractivity contribution is -0.149. The average molecular weight is 523 g/mol.